The monoisotopic (exact) mass is 236 g/mol. The first-order valence-corrected chi connectivity index (χ1v) is 6.43. The molecular weight excluding hydrogens is 216 g/mol. The van der Waals surface area contributed by atoms with Crippen LogP contribution in [0.2, 0.25) is 5.02 Å². The lowest BCUT2D eigenvalue weighted by Crippen LogP contribution is -1.92. The van der Waals surface area contributed by atoms with Gasteiger partial charge < -0.3 is 0 Å². The molecule has 0 nitrogen and oxygen atoms in total. The van der Waals surface area contributed by atoms with Crippen LogP contribution in [0, 0.1) is 6.92 Å². The Labute approximate surface area is 104 Å². The number of aryl methyl sites for hydroxylation is 1. The van der Waals surface area contributed by atoms with Crippen LogP contribution < -0.4 is 0 Å². The third kappa shape index (κ3) is 3.12. The average molecular weight is 237 g/mol. The summed E-state index contributed by atoms with van der Waals surface area (Å²) in [6, 6.07) is 6.18. The highest BCUT2D eigenvalue weighted by Gasteiger charge is 2.07. The fourth-order valence-electron chi connectivity index (χ4n) is 2.21. The minimum absolute atomic E-state index is 0.824. The Bertz CT molecular complexity index is 388. The number of rotatable bonds is 4. The highest BCUT2D eigenvalue weighted by Crippen LogP contribution is 2.28. The zero-order valence-electron chi connectivity index (χ0n) is 10.7. The molecule has 0 aliphatic rings. The smallest absolute Gasteiger partial charge is 0.0409 e. The Hall–Kier alpha value is -0.750. The summed E-state index contributed by atoms with van der Waals surface area (Å²) in [6.45, 7) is 8.83. The summed E-state index contributed by atoms with van der Waals surface area (Å²) >= 11 is 5.99. The van der Waals surface area contributed by atoms with Crippen LogP contribution >= 0.6 is 11.6 Å². The Morgan fingerprint density at radius 3 is 2.44 bits per heavy atom. The van der Waals surface area contributed by atoms with E-state index in [4.69, 9.17) is 11.6 Å². The minimum Gasteiger partial charge on any atom is -0.0843 e. The van der Waals surface area contributed by atoms with Gasteiger partial charge >= 0.3 is 0 Å². The van der Waals surface area contributed by atoms with Gasteiger partial charge in [-0.2, -0.15) is 0 Å². The molecule has 0 aliphatic heterocycles. The minimum atomic E-state index is 0.824. The van der Waals surface area contributed by atoms with Crippen molar-refractivity contribution in [2.45, 2.75) is 47.0 Å². The Morgan fingerprint density at radius 1 is 1.25 bits per heavy atom. The van der Waals surface area contributed by atoms with Crippen molar-refractivity contribution in [2.75, 3.05) is 0 Å². The quantitative estimate of drug-likeness (QED) is 0.635. The molecule has 0 N–H and O–H groups in total. The summed E-state index contributed by atoms with van der Waals surface area (Å²) in [5.41, 5.74) is 5.63. The van der Waals surface area contributed by atoms with E-state index in [1.54, 1.807) is 0 Å². The Kier molecular flexibility index (Phi) is 5.08. The van der Waals surface area contributed by atoms with Crippen molar-refractivity contribution in [1.29, 1.82) is 0 Å². The van der Waals surface area contributed by atoms with Gasteiger partial charge in [0.1, 0.15) is 0 Å². The lowest BCUT2D eigenvalue weighted by molar-refractivity contribution is 0.901. The van der Waals surface area contributed by atoms with Crippen molar-refractivity contribution in [3.05, 3.63) is 39.9 Å². The van der Waals surface area contributed by atoms with Gasteiger partial charge in [-0.3, -0.25) is 0 Å². The molecule has 16 heavy (non-hydrogen) atoms. The molecule has 0 atom stereocenters. The van der Waals surface area contributed by atoms with E-state index in [9.17, 15) is 0 Å². The van der Waals surface area contributed by atoms with Crippen LogP contribution in [0.3, 0.4) is 0 Å². The van der Waals surface area contributed by atoms with Gasteiger partial charge in [0.15, 0.2) is 0 Å². The molecule has 0 saturated carbocycles. The summed E-state index contributed by atoms with van der Waals surface area (Å²) in [4.78, 5) is 0. The molecule has 0 radical (unpaired) electrons. The van der Waals surface area contributed by atoms with Crippen LogP contribution in [0.1, 0.15) is 51.2 Å². The van der Waals surface area contributed by atoms with E-state index < -0.39 is 0 Å². The molecule has 1 aromatic rings. The first-order valence-electron chi connectivity index (χ1n) is 6.05. The highest BCUT2D eigenvalue weighted by atomic mass is 35.5. The molecule has 0 amide bonds. The van der Waals surface area contributed by atoms with Crippen LogP contribution in [0.4, 0.5) is 0 Å². The van der Waals surface area contributed by atoms with Crippen LogP contribution in [0.15, 0.2) is 23.8 Å². The zero-order chi connectivity index (χ0) is 12.1. The first-order chi connectivity index (χ1) is 7.60. The van der Waals surface area contributed by atoms with Gasteiger partial charge in [0.25, 0.3) is 0 Å². The molecule has 0 heterocycles. The van der Waals surface area contributed by atoms with Gasteiger partial charge in [0.05, 0.1) is 0 Å². The van der Waals surface area contributed by atoms with Crippen molar-refractivity contribution >= 4 is 17.2 Å². The summed E-state index contributed by atoms with van der Waals surface area (Å²) in [5.74, 6) is 0. The van der Waals surface area contributed by atoms with Crippen LogP contribution in [-0.2, 0) is 0 Å². The second-order valence-corrected chi connectivity index (χ2v) is 4.76. The second-order valence-electron chi connectivity index (χ2n) is 4.32. The molecule has 0 fully saturated rings. The summed E-state index contributed by atoms with van der Waals surface area (Å²) in [6.07, 6.45) is 3.49. The maximum absolute atomic E-state index is 5.99. The molecule has 0 bridgehead atoms. The predicted molar refractivity (Wildman–Crippen MR) is 74.0 cm³/mol. The summed E-state index contributed by atoms with van der Waals surface area (Å²) in [7, 11) is 0. The Morgan fingerprint density at radius 2 is 1.94 bits per heavy atom. The van der Waals surface area contributed by atoms with E-state index in [-0.39, 0.29) is 0 Å². The molecule has 0 aromatic heterocycles. The fourth-order valence-corrected chi connectivity index (χ4v) is 2.44. The van der Waals surface area contributed by atoms with E-state index in [2.05, 4.69) is 33.8 Å². The summed E-state index contributed by atoms with van der Waals surface area (Å²) < 4.78 is 0. The Balaban J connectivity index is 3.18. The molecule has 0 spiro atoms. The topological polar surface area (TPSA) is 0 Å². The first kappa shape index (κ1) is 13.3. The van der Waals surface area contributed by atoms with Crippen molar-refractivity contribution in [1.82, 2.24) is 0 Å². The van der Waals surface area contributed by atoms with Gasteiger partial charge in [0.2, 0.25) is 0 Å². The molecule has 1 heteroatoms. The van der Waals surface area contributed by atoms with Crippen molar-refractivity contribution in [2.24, 2.45) is 0 Å². The molecule has 1 aromatic carbocycles. The zero-order valence-corrected chi connectivity index (χ0v) is 11.5. The standard InChI is InChI=1S/C15H21Cl/c1-5-7-11(3)14(6-2)15-9-8-13(16)10-12(15)4/h8-10H,5-7H2,1-4H3/b14-11+. The molecule has 0 saturated heterocycles. The van der Waals surface area contributed by atoms with Crippen LogP contribution in [0.25, 0.3) is 5.57 Å². The molecular formula is C15H21Cl. The second kappa shape index (κ2) is 6.10. The molecule has 0 aliphatic carbocycles. The maximum atomic E-state index is 5.99. The number of benzene rings is 1. The highest BCUT2D eigenvalue weighted by molar-refractivity contribution is 6.30. The van der Waals surface area contributed by atoms with Gasteiger partial charge in [-0.1, -0.05) is 43.5 Å². The van der Waals surface area contributed by atoms with Gasteiger partial charge in [-0.05, 0) is 55.5 Å². The summed E-state index contributed by atoms with van der Waals surface area (Å²) in [5, 5.41) is 0.824. The molecule has 88 valence electrons. The maximum Gasteiger partial charge on any atom is 0.0409 e. The molecule has 1 rings (SSSR count). The van der Waals surface area contributed by atoms with Crippen molar-refractivity contribution in [3.63, 3.8) is 0 Å². The van der Waals surface area contributed by atoms with E-state index in [1.807, 2.05) is 12.1 Å². The number of halogens is 1. The van der Waals surface area contributed by atoms with E-state index in [0.29, 0.717) is 0 Å². The van der Waals surface area contributed by atoms with Crippen LogP contribution in [-0.4, -0.2) is 0 Å². The van der Waals surface area contributed by atoms with E-state index >= 15 is 0 Å². The number of hydrogen-bond acceptors (Lipinski definition) is 0. The predicted octanol–water partition coefficient (Wildman–Crippen LogP) is 5.63. The van der Waals surface area contributed by atoms with E-state index in [1.165, 1.54) is 35.1 Å². The van der Waals surface area contributed by atoms with E-state index in [0.717, 1.165) is 11.4 Å². The average Bonchev–Trinajstić information content (AvgIpc) is 2.22. The van der Waals surface area contributed by atoms with Crippen LogP contribution in [0.5, 0.6) is 0 Å². The SMILES string of the molecule is CCC/C(C)=C(\CC)c1ccc(Cl)cc1C. The fraction of sp³-hybridized carbons (Fsp3) is 0.467. The largest absolute Gasteiger partial charge is 0.0843 e. The number of allylic oxidation sites excluding steroid dienone is 2. The third-order valence-corrected chi connectivity index (χ3v) is 3.24. The van der Waals surface area contributed by atoms with Crippen molar-refractivity contribution < 1.29 is 0 Å². The van der Waals surface area contributed by atoms with Gasteiger partial charge in [-0.25, -0.2) is 0 Å². The number of hydrogen-bond donors (Lipinski definition) is 0. The van der Waals surface area contributed by atoms with Gasteiger partial charge in [-0.15, -0.1) is 0 Å². The molecule has 0 unspecified atom stereocenters. The van der Waals surface area contributed by atoms with Crippen molar-refractivity contribution in [3.8, 4) is 0 Å². The third-order valence-electron chi connectivity index (χ3n) is 3.01. The lowest BCUT2D eigenvalue weighted by atomic mass is 9.93. The lowest BCUT2D eigenvalue weighted by Gasteiger charge is -2.13. The van der Waals surface area contributed by atoms with Gasteiger partial charge in [0, 0.05) is 5.02 Å². The normalized spacial score (nSPS) is 12.6.